The van der Waals surface area contributed by atoms with E-state index >= 15 is 0 Å². The highest BCUT2D eigenvalue weighted by molar-refractivity contribution is 5.79. The molecule has 2 fully saturated rings. The number of amides is 1. The Balaban J connectivity index is 1.60. The third kappa shape index (κ3) is 4.70. The molecule has 2 heterocycles. The van der Waals surface area contributed by atoms with E-state index in [-0.39, 0.29) is 5.92 Å². The topological polar surface area (TPSA) is 42.0 Å². The maximum atomic E-state index is 13.0. The van der Waals surface area contributed by atoms with Crippen molar-refractivity contribution in [3.63, 3.8) is 0 Å². The molecular formula is C21H32N2O3. The van der Waals surface area contributed by atoms with Gasteiger partial charge in [0.25, 0.3) is 0 Å². The summed E-state index contributed by atoms with van der Waals surface area (Å²) in [4.78, 5) is 17.5. The Labute approximate surface area is 157 Å². The Kier molecular flexibility index (Phi) is 6.78. The van der Waals surface area contributed by atoms with Gasteiger partial charge in [0.2, 0.25) is 5.91 Å². The summed E-state index contributed by atoms with van der Waals surface area (Å²) in [6, 6.07) is 6.08. The summed E-state index contributed by atoms with van der Waals surface area (Å²) in [6.07, 6.45) is 6.97. The van der Waals surface area contributed by atoms with Crippen LogP contribution in [0.25, 0.3) is 0 Å². The van der Waals surface area contributed by atoms with E-state index in [1.54, 1.807) is 14.2 Å². The molecule has 26 heavy (non-hydrogen) atoms. The van der Waals surface area contributed by atoms with Crippen molar-refractivity contribution >= 4 is 5.91 Å². The first-order valence-electron chi connectivity index (χ1n) is 9.93. The number of piperidine rings is 1. The summed E-state index contributed by atoms with van der Waals surface area (Å²) in [5, 5.41) is 0. The monoisotopic (exact) mass is 360 g/mol. The maximum Gasteiger partial charge on any atom is 0.226 e. The summed E-state index contributed by atoms with van der Waals surface area (Å²) < 4.78 is 10.7. The van der Waals surface area contributed by atoms with Crippen molar-refractivity contribution in [2.24, 2.45) is 5.92 Å². The lowest BCUT2D eigenvalue weighted by molar-refractivity contribution is -0.137. The number of carbonyl (C=O) groups excluding carboxylic acids is 1. The number of hydrogen-bond donors (Lipinski definition) is 0. The summed E-state index contributed by atoms with van der Waals surface area (Å²) in [5.41, 5.74) is 1.20. The van der Waals surface area contributed by atoms with E-state index in [2.05, 4.69) is 15.9 Å². The van der Waals surface area contributed by atoms with Crippen molar-refractivity contribution in [1.82, 2.24) is 9.80 Å². The minimum absolute atomic E-state index is 0.155. The molecule has 0 bridgehead atoms. The second kappa shape index (κ2) is 9.26. The van der Waals surface area contributed by atoms with Crippen molar-refractivity contribution in [2.45, 2.75) is 45.1 Å². The fraction of sp³-hybridized carbons (Fsp3) is 0.667. The molecule has 0 N–H and O–H groups in total. The molecule has 0 aliphatic carbocycles. The molecule has 0 spiro atoms. The minimum Gasteiger partial charge on any atom is -0.493 e. The number of nitrogens with zero attached hydrogens (tertiary/aromatic N) is 2. The third-order valence-electron chi connectivity index (χ3n) is 5.63. The van der Waals surface area contributed by atoms with Crippen LogP contribution in [-0.4, -0.2) is 56.1 Å². The summed E-state index contributed by atoms with van der Waals surface area (Å²) >= 11 is 0. The van der Waals surface area contributed by atoms with Crippen molar-refractivity contribution in [3.8, 4) is 11.5 Å². The van der Waals surface area contributed by atoms with E-state index < -0.39 is 0 Å². The predicted molar refractivity (Wildman–Crippen MR) is 103 cm³/mol. The first-order chi connectivity index (χ1) is 12.7. The van der Waals surface area contributed by atoms with Crippen molar-refractivity contribution in [3.05, 3.63) is 23.8 Å². The van der Waals surface area contributed by atoms with Gasteiger partial charge in [-0.2, -0.15) is 0 Å². The molecule has 2 aliphatic rings. The maximum absolute atomic E-state index is 13.0. The van der Waals surface area contributed by atoms with Gasteiger partial charge in [0.1, 0.15) is 0 Å². The largest absolute Gasteiger partial charge is 0.493 e. The molecule has 5 heteroatoms. The van der Waals surface area contributed by atoms with Crippen LogP contribution in [0.3, 0.4) is 0 Å². The van der Waals surface area contributed by atoms with E-state index in [0.29, 0.717) is 5.91 Å². The van der Waals surface area contributed by atoms with E-state index in [0.717, 1.165) is 69.9 Å². The van der Waals surface area contributed by atoms with Gasteiger partial charge < -0.3 is 14.4 Å². The Bertz CT molecular complexity index is 597. The first-order valence-corrected chi connectivity index (χ1v) is 9.93. The molecule has 0 saturated carbocycles. The summed E-state index contributed by atoms with van der Waals surface area (Å²) in [6.45, 7) is 4.67. The van der Waals surface area contributed by atoms with Gasteiger partial charge in [0, 0.05) is 26.2 Å². The fourth-order valence-corrected chi connectivity index (χ4v) is 4.19. The van der Waals surface area contributed by atoms with Crippen LogP contribution in [-0.2, 0) is 11.3 Å². The van der Waals surface area contributed by atoms with Gasteiger partial charge in [-0.05, 0) is 49.9 Å². The number of methoxy groups -OCH3 is 2. The number of rotatable bonds is 5. The van der Waals surface area contributed by atoms with Crippen LogP contribution in [0.4, 0.5) is 0 Å². The molecule has 0 radical (unpaired) electrons. The Hall–Kier alpha value is -1.75. The van der Waals surface area contributed by atoms with Crippen LogP contribution >= 0.6 is 0 Å². The molecule has 1 amide bonds. The molecule has 1 aromatic carbocycles. The zero-order chi connectivity index (χ0) is 18.4. The van der Waals surface area contributed by atoms with Gasteiger partial charge in [0.05, 0.1) is 20.1 Å². The molecule has 1 atom stereocenters. The van der Waals surface area contributed by atoms with Crippen LogP contribution < -0.4 is 9.47 Å². The number of hydrogen-bond acceptors (Lipinski definition) is 4. The number of ether oxygens (including phenoxy) is 2. The average Bonchev–Trinajstić information content (AvgIpc) is 2.97. The average molecular weight is 360 g/mol. The minimum atomic E-state index is 0.155. The lowest BCUT2D eigenvalue weighted by Gasteiger charge is -2.34. The van der Waals surface area contributed by atoms with Crippen molar-refractivity contribution < 1.29 is 14.3 Å². The summed E-state index contributed by atoms with van der Waals surface area (Å²) in [5.74, 6) is 2.05. The van der Waals surface area contributed by atoms with Gasteiger partial charge >= 0.3 is 0 Å². The van der Waals surface area contributed by atoms with E-state index in [4.69, 9.17) is 9.47 Å². The lowest BCUT2D eigenvalue weighted by atomic mass is 9.96. The molecule has 1 aromatic rings. The molecule has 2 aliphatic heterocycles. The number of benzene rings is 1. The molecule has 3 rings (SSSR count). The van der Waals surface area contributed by atoms with Crippen LogP contribution in [0.5, 0.6) is 11.5 Å². The van der Waals surface area contributed by atoms with Crippen LogP contribution in [0.15, 0.2) is 18.2 Å². The normalized spacial score (nSPS) is 21.9. The van der Waals surface area contributed by atoms with Crippen molar-refractivity contribution in [1.29, 1.82) is 0 Å². The van der Waals surface area contributed by atoms with Gasteiger partial charge in [-0.1, -0.05) is 18.9 Å². The molecular weight excluding hydrogens is 328 g/mol. The second-order valence-electron chi connectivity index (χ2n) is 7.50. The highest BCUT2D eigenvalue weighted by atomic mass is 16.5. The van der Waals surface area contributed by atoms with E-state index in [1.807, 2.05) is 12.1 Å². The Morgan fingerprint density at radius 2 is 1.73 bits per heavy atom. The lowest BCUT2D eigenvalue weighted by Crippen LogP contribution is -2.44. The van der Waals surface area contributed by atoms with E-state index in [1.165, 1.54) is 18.4 Å². The van der Waals surface area contributed by atoms with E-state index in [9.17, 15) is 4.79 Å². The second-order valence-corrected chi connectivity index (χ2v) is 7.50. The predicted octanol–water partition coefficient (Wildman–Crippen LogP) is 3.32. The van der Waals surface area contributed by atoms with Gasteiger partial charge in [-0.15, -0.1) is 0 Å². The highest BCUT2D eigenvalue weighted by Gasteiger charge is 2.29. The highest BCUT2D eigenvalue weighted by Crippen LogP contribution is 2.29. The molecule has 0 unspecified atom stereocenters. The Morgan fingerprint density at radius 1 is 1.00 bits per heavy atom. The number of carbonyl (C=O) groups is 1. The molecule has 144 valence electrons. The smallest absolute Gasteiger partial charge is 0.226 e. The van der Waals surface area contributed by atoms with Gasteiger partial charge in [-0.3, -0.25) is 9.69 Å². The standard InChI is InChI=1S/C21H32N2O3/c1-25-19-10-9-17(14-20(19)26-2)15-22-11-7-8-18(16-22)21(24)23-12-5-3-4-6-13-23/h9-10,14,18H,3-8,11-13,15-16H2,1-2H3/t18-/m1/s1. The third-order valence-corrected chi connectivity index (χ3v) is 5.63. The van der Waals surface area contributed by atoms with Crippen molar-refractivity contribution in [2.75, 3.05) is 40.4 Å². The van der Waals surface area contributed by atoms with Gasteiger partial charge in [-0.25, -0.2) is 0 Å². The first kappa shape index (κ1) is 19.0. The molecule has 0 aromatic heterocycles. The van der Waals surface area contributed by atoms with Crippen LogP contribution in [0.2, 0.25) is 0 Å². The van der Waals surface area contributed by atoms with Crippen LogP contribution in [0, 0.1) is 5.92 Å². The molecule has 2 saturated heterocycles. The molecule has 5 nitrogen and oxygen atoms in total. The Morgan fingerprint density at radius 3 is 2.42 bits per heavy atom. The van der Waals surface area contributed by atoms with Gasteiger partial charge in [0.15, 0.2) is 11.5 Å². The fourth-order valence-electron chi connectivity index (χ4n) is 4.19. The summed E-state index contributed by atoms with van der Waals surface area (Å²) in [7, 11) is 3.32. The zero-order valence-corrected chi connectivity index (χ0v) is 16.2. The number of likely N-dealkylation sites (tertiary alicyclic amines) is 2. The SMILES string of the molecule is COc1ccc(CN2CCC[C@@H](C(=O)N3CCCCCC3)C2)cc1OC. The van der Waals surface area contributed by atoms with Crippen LogP contribution in [0.1, 0.15) is 44.1 Å². The zero-order valence-electron chi connectivity index (χ0n) is 16.2. The quantitative estimate of drug-likeness (QED) is 0.808.